The van der Waals surface area contributed by atoms with Gasteiger partial charge >= 0.3 is 53.3 Å². The summed E-state index contributed by atoms with van der Waals surface area (Å²) >= 11 is 0. The predicted octanol–water partition coefficient (Wildman–Crippen LogP) is 7.52. The zero-order valence-electron chi connectivity index (χ0n) is 14.7. The molecule has 0 aliphatic rings. The van der Waals surface area contributed by atoms with E-state index in [1.165, 1.54) is 0 Å². The SMILES string of the molecule is CCC(F)(F)C(F)(F)C(F)(F)C(F)(F)C(F)(F)C(F)(F)C(F)(F)C(F)(F)C(F)(F)CC. The van der Waals surface area contributed by atoms with Gasteiger partial charge in [0.05, 0.1) is 0 Å². The Balaban J connectivity index is 6.89. The fraction of sp³-hybridized carbons (Fsp3) is 1.00. The van der Waals surface area contributed by atoms with Crippen molar-refractivity contribution in [3.8, 4) is 0 Å². The highest BCUT2D eigenvalue weighted by molar-refractivity contribution is 5.17. The second-order valence-electron chi connectivity index (χ2n) is 6.14. The van der Waals surface area contributed by atoms with Crippen molar-refractivity contribution in [2.75, 3.05) is 0 Å². The summed E-state index contributed by atoms with van der Waals surface area (Å²) < 4.78 is 238. The van der Waals surface area contributed by atoms with Crippen LogP contribution in [-0.4, -0.2) is 53.3 Å². The van der Waals surface area contributed by atoms with Crippen LogP contribution in [0.2, 0.25) is 0 Å². The van der Waals surface area contributed by atoms with Gasteiger partial charge in [-0.1, -0.05) is 13.8 Å². The topological polar surface area (TPSA) is 0 Å². The van der Waals surface area contributed by atoms with Gasteiger partial charge in [0.1, 0.15) is 0 Å². The number of hydrogen-bond acceptors (Lipinski definition) is 0. The summed E-state index contributed by atoms with van der Waals surface area (Å²) in [5, 5.41) is 0. The molecule has 18 heteroatoms. The second-order valence-corrected chi connectivity index (χ2v) is 6.14. The monoisotopic (exact) mass is 508 g/mol. The van der Waals surface area contributed by atoms with E-state index in [0.717, 1.165) is 0 Å². The van der Waals surface area contributed by atoms with Crippen LogP contribution in [0, 0.1) is 0 Å². The fourth-order valence-corrected chi connectivity index (χ4v) is 1.89. The minimum absolute atomic E-state index is 0.0869. The number of alkyl halides is 18. The lowest BCUT2D eigenvalue weighted by molar-refractivity contribution is -0.462. The van der Waals surface area contributed by atoms with E-state index in [-0.39, 0.29) is 13.8 Å². The summed E-state index contributed by atoms with van der Waals surface area (Å²) in [6.07, 6.45) is -4.99. The molecule has 31 heavy (non-hydrogen) atoms. The van der Waals surface area contributed by atoms with E-state index < -0.39 is 66.1 Å². The van der Waals surface area contributed by atoms with Gasteiger partial charge < -0.3 is 0 Å². The molecule has 0 atom stereocenters. The normalized spacial score (nSPS) is 16.6. The molecule has 188 valence electrons. The molecule has 0 aliphatic carbocycles. The molecule has 0 spiro atoms. The van der Waals surface area contributed by atoms with Crippen LogP contribution in [0.25, 0.3) is 0 Å². The fourth-order valence-electron chi connectivity index (χ4n) is 1.89. The van der Waals surface area contributed by atoms with Crippen LogP contribution in [0.15, 0.2) is 0 Å². The summed E-state index contributed by atoms with van der Waals surface area (Å²) in [5.41, 5.74) is 0. The van der Waals surface area contributed by atoms with Crippen molar-refractivity contribution in [3.63, 3.8) is 0 Å². The van der Waals surface area contributed by atoms with Gasteiger partial charge in [0.2, 0.25) is 0 Å². The highest BCUT2D eigenvalue weighted by Gasteiger charge is 2.96. The van der Waals surface area contributed by atoms with Crippen LogP contribution < -0.4 is 0 Å². The summed E-state index contributed by atoms with van der Waals surface area (Å²) in [6.45, 7) is -0.174. The Morgan fingerprint density at radius 2 is 0.419 bits per heavy atom. The quantitative estimate of drug-likeness (QED) is 0.268. The molecule has 0 saturated carbocycles. The van der Waals surface area contributed by atoms with Gasteiger partial charge in [-0.15, -0.1) is 0 Å². The molecule has 0 unspecified atom stereocenters. The second kappa shape index (κ2) is 7.38. The van der Waals surface area contributed by atoms with Crippen LogP contribution in [0.4, 0.5) is 79.0 Å². The smallest absolute Gasteiger partial charge is 0.200 e. The van der Waals surface area contributed by atoms with Crippen LogP contribution in [0.3, 0.4) is 0 Å². The molecular weight excluding hydrogens is 498 g/mol. The molecule has 0 fully saturated rings. The molecule has 0 bridgehead atoms. The van der Waals surface area contributed by atoms with E-state index in [0.29, 0.717) is 0 Å². The van der Waals surface area contributed by atoms with E-state index in [1.807, 2.05) is 0 Å². The van der Waals surface area contributed by atoms with Gasteiger partial charge in [-0.2, -0.15) is 79.0 Å². The third-order valence-corrected chi connectivity index (χ3v) is 4.17. The van der Waals surface area contributed by atoms with Crippen molar-refractivity contribution < 1.29 is 79.0 Å². The summed E-state index contributed by atoms with van der Waals surface area (Å²) in [5.74, 6) is -70.3. The van der Waals surface area contributed by atoms with Crippen LogP contribution >= 0.6 is 0 Å². The van der Waals surface area contributed by atoms with E-state index in [4.69, 9.17) is 0 Å². The largest absolute Gasteiger partial charge is 0.385 e. The molecule has 0 aromatic rings. The highest BCUT2D eigenvalue weighted by atomic mass is 19.4. The van der Waals surface area contributed by atoms with E-state index in [2.05, 4.69) is 0 Å². The Labute approximate surface area is 160 Å². The molecule has 0 aromatic carbocycles. The minimum atomic E-state index is -8.69. The molecule has 0 amide bonds. The van der Waals surface area contributed by atoms with Crippen LogP contribution in [-0.2, 0) is 0 Å². The predicted molar refractivity (Wildman–Crippen MR) is 65.1 cm³/mol. The summed E-state index contributed by atoms with van der Waals surface area (Å²) in [4.78, 5) is 0. The van der Waals surface area contributed by atoms with Gasteiger partial charge in [0, 0.05) is 12.8 Å². The first-order valence-corrected chi connectivity index (χ1v) is 7.52. The average Bonchev–Trinajstić information content (AvgIpc) is 2.59. The maximum Gasteiger partial charge on any atom is 0.385 e. The Morgan fingerprint density at radius 3 is 0.548 bits per heavy atom. The van der Waals surface area contributed by atoms with Crippen molar-refractivity contribution >= 4 is 0 Å². The molecule has 0 saturated heterocycles. The first-order chi connectivity index (χ1) is 13.1. The molecular formula is C13H10F18. The van der Waals surface area contributed by atoms with Gasteiger partial charge in [-0.05, 0) is 0 Å². The van der Waals surface area contributed by atoms with E-state index >= 15 is 0 Å². The van der Waals surface area contributed by atoms with Crippen LogP contribution in [0.5, 0.6) is 0 Å². The summed E-state index contributed by atoms with van der Waals surface area (Å²) in [7, 11) is 0. The molecule has 0 aromatic heterocycles. The van der Waals surface area contributed by atoms with Gasteiger partial charge in [-0.25, -0.2) is 0 Å². The maximum atomic E-state index is 13.4. The lowest BCUT2D eigenvalue weighted by atomic mass is 9.86. The lowest BCUT2D eigenvalue weighted by Crippen LogP contribution is -2.76. The van der Waals surface area contributed by atoms with Crippen molar-refractivity contribution in [1.29, 1.82) is 0 Å². The third kappa shape index (κ3) is 3.49. The third-order valence-electron chi connectivity index (χ3n) is 4.17. The Morgan fingerprint density at radius 1 is 0.290 bits per heavy atom. The first kappa shape index (κ1) is 29.7. The van der Waals surface area contributed by atoms with Gasteiger partial charge in [0.15, 0.2) is 0 Å². The Kier molecular flexibility index (Phi) is 7.08. The molecule has 0 N–H and O–H groups in total. The minimum Gasteiger partial charge on any atom is -0.200 e. The molecule has 0 heterocycles. The Hall–Kier alpha value is -1.26. The summed E-state index contributed by atoms with van der Waals surface area (Å²) in [6, 6.07) is 0. The number of rotatable bonds is 10. The van der Waals surface area contributed by atoms with Gasteiger partial charge in [-0.3, -0.25) is 0 Å². The molecule has 0 rings (SSSR count). The highest BCUT2D eigenvalue weighted by Crippen LogP contribution is 2.65. The number of halogens is 18. The zero-order chi connectivity index (χ0) is 25.9. The Bertz CT molecular complexity index is 591. The first-order valence-electron chi connectivity index (χ1n) is 7.52. The lowest BCUT2D eigenvalue weighted by Gasteiger charge is -2.44. The van der Waals surface area contributed by atoms with Crippen molar-refractivity contribution in [3.05, 3.63) is 0 Å². The molecule has 0 nitrogen and oxygen atoms in total. The van der Waals surface area contributed by atoms with Crippen LogP contribution in [0.1, 0.15) is 26.7 Å². The average molecular weight is 508 g/mol. The number of hydrogen-bond donors (Lipinski definition) is 0. The molecule has 0 aliphatic heterocycles. The maximum absolute atomic E-state index is 13.4. The van der Waals surface area contributed by atoms with Crippen molar-refractivity contribution in [2.24, 2.45) is 0 Å². The standard InChI is InChI=1S/C13H10F18/c1-3-5(14,15)7(18,19)9(22,23)11(26,27)13(30,31)12(28,29)10(24,25)8(20,21)6(16,17)4-2/h3-4H2,1-2H3. The molecule has 0 radical (unpaired) electrons. The van der Waals surface area contributed by atoms with E-state index in [1.54, 1.807) is 0 Å². The zero-order valence-corrected chi connectivity index (χ0v) is 14.7. The van der Waals surface area contributed by atoms with Gasteiger partial charge in [0.25, 0.3) is 0 Å². The van der Waals surface area contributed by atoms with Crippen molar-refractivity contribution in [1.82, 2.24) is 0 Å². The van der Waals surface area contributed by atoms with Crippen molar-refractivity contribution in [2.45, 2.75) is 80.0 Å². The van der Waals surface area contributed by atoms with E-state index in [9.17, 15) is 79.0 Å².